The molecule has 0 unspecified atom stereocenters. The fourth-order valence-electron chi connectivity index (χ4n) is 2.81. The number of hydrogen-bond donors (Lipinski definition) is 0. The SMILES string of the molecule is C[C@@H]1CCC[C@H](C)N1C(=O)c1cn(CC(=O)C(C)(C)C)nn1. The van der Waals surface area contributed by atoms with Crippen molar-refractivity contribution >= 4 is 11.7 Å². The lowest BCUT2D eigenvalue weighted by molar-refractivity contribution is -0.127. The Labute approximate surface area is 131 Å². The highest BCUT2D eigenvalue weighted by molar-refractivity contribution is 5.92. The van der Waals surface area contributed by atoms with Crippen molar-refractivity contribution in [1.82, 2.24) is 19.9 Å². The molecular formula is C16H26N4O2. The third kappa shape index (κ3) is 3.54. The second kappa shape index (κ2) is 6.18. The van der Waals surface area contributed by atoms with Gasteiger partial charge >= 0.3 is 0 Å². The molecule has 0 bridgehead atoms. The summed E-state index contributed by atoms with van der Waals surface area (Å²) < 4.78 is 1.46. The Morgan fingerprint density at radius 3 is 2.36 bits per heavy atom. The van der Waals surface area contributed by atoms with E-state index >= 15 is 0 Å². The van der Waals surface area contributed by atoms with Crippen molar-refractivity contribution in [1.29, 1.82) is 0 Å². The van der Waals surface area contributed by atoms with Crippen LogP contribution in [0.5, 0.6) is 0 Å². The average molecular weight is 306 g/mol. The predicted molar refractivity (Wildman–Crippen MR) is 83.4 cm³/mol. The standard InChI is InChI=1S/C16H26N4O2/c1-11-7-6-8-12(2)20(11)15(22)13-9-19(18-17-13)10-14(21)16(3,4)5/h9,11-12H,6-8,10H2,1-5H3/t11-,12+. The molecule has 122 valence electrons. The molecule has 22 heavy (non-hydrogen) atoms. The minimum Gasteiger partial charge on any atom is -0.332 e. The molecule has 1 saturated heterocycles. The van der Waals surface area contributed by atoms with Gasteiger partial charge in [-0.05, 0) is 33.1 Å². The van der Waals surface area contributed by atoms with Gasteiger partial charge in [0.25, 0.3) is 5.91 Å². The average Bonchev–Trinajstić information content (AvgIpc) is 2.85. The number of amides is 1. The van der Waals surface area contributed by atoms with Gasteiger partial charge in [-0.25, -0.2) is 4.68 Å². The number of likely N-dealkylation sites (tertiary alicyclic amines) is 1. The lowest BCUT2D eigenvalue weighted by atomic mass is 9.91. The van der Waals surface area contributed by atoms with Crippen molar-refractivity contribution in [2.24, 2.45) is 5.41 Å². The van der Waals surface area contributed by atoms with Crippen LogP contribution in [0.4, 0.5) is 0 Å². The molecule has 2 atom stereocenters. The van der Waals surface area contributed by atoms with E-state index in [2.05, 4.69) is 24.2 Å². The van der Waals surface area contributed by atoms with E-state index in [1.807, 2.05) is 25.7 Å². The van der Waals surface area contributed by atoms with Gasteiger partial charge < -0.3 is 4.90 Å². The topological polar surface area (TPSA) is 68.1 Å². The van der Waals surface area contributed by atoms with Gasteiger partial charge in [-0.1, -0.05) is 26.0 Å². The fraction of sp³-hybridized carbons (Fsp3) is 0.750. The molecule has 1 aliphatic heterocycles. The van der Waals surface area contributed by atoms with Crippen LogP contribution in [0.25, 0.3) is 0 Å². The summed E-state index contributed by atoms with van der Waals surface area (Å²) in [6.45, 7) is 9.90. The van der Waals surface area contributed by atoms with Crippen molar-refractivity contribution in [2.75, 3.05) is 0 Å². The van der Waals surface area contributed by atoms with Crippen LogP contribution in [-0.2, 0) is 11.3 Å². The molecule has 1 aliphatic rings. The molecule has 1 fully saturated rings. The molecule has 2 heterocycles. The zero-order valence-corrected chi connectivity index (χ0v) is 14.2. The number of Topliss-reactive ketones (excluding diaryl/α,β-unsaturated/α-hetero) is 1. The molecule has 1 aromatic rings. The van der Waals surface area contributed by atoms with Gasteiger partial charge in [0.05, 0.1) is 6.20 Å². The number of carbonyl (C=O) groups is 2. The molecule has 1 amide bonds. The molecule has 6 nitrogen and oxygen atoms in total. The summed E-state index contributed by atoms with van der Waals surface area (Å²) in [6, 6.07) is 0.440. The molecule has 0 aromatic carbocycles. The zero-order valence-electron chi connectivity index (χ0n) is 14.2. The minimum atomic E-state index is -0.425. The Bertz CT molecular complexity index is 549. The van der Waals surface area contributed by atoms with Crippen LogP contribution in [0.1, 0.15) is 64.4 Å². The second-order valence-corrected chi connectivity index (χ2v) is 7.32. The number of piperidine rings is 1. The van der Waals surface area contributed by atoms with E-state index in [1.54, 1.807) is 6.20 Å². The van der Waals surface area contributed by atoms with E-state index in [4.69, 9.17) is 0 Å². The summed E-state index contributed by atoms with van der Waals surface area (Å²) in [5.41, 5.74) is -0.103. The van der Waals surface area contributed by atoms with Crippen molar-refractivity contribution in [3.05, 3.63) is 11.9 Å². The zero-order chi connectivity index (χ0) is 16.5. The number of ketones is 1. The predicted octanol–water partition coefficient (Wildman–Crippen LogP) is 2.30. The normalized spacial score (nSPS) is 22.7. The number of rotatable bonds is 3. The van der Waals surface area contributed by atoms with E-state index < -0.39 is 5.41 Å². The van der Waals surface area contributed by atoms with E-state index in [-0.39, 0.29) is 30.3 Å². The van der Waals surface area contributed by atoms with E-state index in [1.165, 1.54) is 4.68 Å². The maximum Gasteiger partial charge on any atom is 0.276 e. The first kappa shape index (κ1) is 16.6. The molecule has 2 rings (SSSR count). The number of hydrogen-bond acceptors (Lipinski definition) is 4. The molecule has 1 aromatic heterocycles. The quantitative estimate of drug-likeness (QED) is 0.859. The smallest absolute Gasteiger partial charge is 0.276 e. The highest BCUT2D eigenvalue weighted by Gasteiger charge is 2.31. The van der Waals surface area contributed by atoms with Crippen LogP contribution >= 0.6 is 0 Å². The third-order valence-corrected chi connectivity index (χ3v) is 4.33. The van der Waals surface area contributed by atoms with Crippen molar-refractivity contribution in [3.8, 4) is 0 Å². The summed E-state index contributed by atoms with van der Waals surface area (Å²) >= 11 is 0. The van der Waals surface area contributed by atoms with E-state index in [0.29, 0.717) is 5.69 Å². The highest BCUT2D eigenvalue weighted by Crippen LogP contribution is 2.24. The molecule has 0 spiro atoms. The summed E-state index contributed by atoms with van der Waals surface area (Å²) in [5.74, 6) is -0.0229. The van der Waals surface area contributed by atoms with Gasteiger partial charge in [0.1, 0.15) is 6.54 Å². The monoisotopic (exact) mass is 306 g/mol. The second-order valence-electron chi connectivity index (χ2n) is 7.32. The van der Waals surface area contributed by atoms with Crippen molar-refractivity contribution < 1.29 is 9.59 Å². The van der Waals surface area contributed by atoms with Crippen LogP contribution in [-0.4, -0.2) is 43.7 Å². The first-order chi connectivity index (χ1) is 10.2. The Morgan fingerprint density at radius 1 is 1.23 bits per heavy atom. The maximum atomic E-state index is 12.6. The lowest BCUT2D eigenvalue weighted by Gasteiger charge is -2.38. The van der Waals surface area contributed by atoms with Gasteiger partial charge in [0, 0.05) is 17.5 Å². The minimum absolute atomic E-state index is 0.0658. The van der Waals surface area contributed by atoms with E-state index in [0.717, 1.165) is 19.3 Å². The molecule has 0 aliphatic carbocycles. The maximum absolute atomic E-state index is 12.6. The van der Waals surface area contributed by atoms with E-state index in [9.17, 15) is 9.59 Å². The largest absolute Gasteiger partial charge is 0.332 e. The van der Waals surface area contributed by atoms with Gasteiger partial charge in [-0.3, -0.25) is 9.59 Å². The van der Waals surface area contributed by atoms with Crippen LogP contribution in [0.15, 0.2) is 6.20 Å². The van der Waals surface area contributed by atoms with Gasteiger partial charge in [0.2, 0.25) is 0 Å². The highest BCUT2D eigenvalue weighted by atomic mass is 16.2. The molecule has 0 saturated carbocycles. The van der Waals surface area contributed by atoms with Crippen LogP contribution in [0.2, 0.25) is 0 Å². The molecule has 0 N–H and O–H groups in total. The van der Waals surface area contributed by atoms with Crippen molar-refractivity contribution in [2.45, 2.75) is 72.5 Å². The van der Waals surface area contributed by atoms with Crippen molar-refractivity contribution in [3.63, 3.8) is 0 Å². The van der Waals surface area contributed by atoms with Crippen LogP contribution < -0.4 is 0 Å². The lowest BCUT2D eigenvalue weighted by Crippen LogP contribution is -2.47. The number of aromatic nitrogens is 3. The number of carbonyl (C=O) groups excluding carboxylic acids is 2. The summed E-state index contributed by atoms with van der Waals surface area (Å²) in [7, 11) is 0. The van der Waals surface area contributed by atoms with Crippen LogP contribution in [0, 0.1) is 5.41 Å². The summed E-state index contributed by atoms with van der Waals surface area (Å²) in [6.07, 6.45) is 4.78. The van der Waals surface area contributed by atoms with Gasteiger partial charge in [-0.15, -0.1) is 5.10 Å². The fourth-order valence-corrected chi connectivity index (χ4v) is 2.81. The first-order valence-corrected chi connectivity index (χ1v) is 7.96. The van der Waals surface area contributed by atoms with Crippen LogP contribution in [0.3, 0.4) is 0 Å². The Hall–Kier alpha value is -1.72. The third-order valence-electron chi connectivity index (χ3n) is 4.33. The Morgan fingerprint density at radius 2 is 1.82 bits per heavy atom. The van der Waals surface area contributed by atoms with Gasteiger partial charge in [0.15, 0.2) is 11.5 Å². The molecule has 0 radical (unpaired) electrons. The first-order valence-electron chi connectivity index (χ1n) is 7.96. The summed E-state index contributed by atoms with van der Waals surface area (Å²) in [5, 5.41) is 7.90. The molecular weight excluding hydrogens is 280 g/mol. The van der Waals surface area contributed by atoms with Gasteiger partial charge in [-0.2, -0.15) is 0 Å². The molecule has 6 heteroatoms. The Kier molecular flexibility index (Phi) is 4.68. The Balaban J connectivity index is 2.10. The summed E-state index contributed by atoms with van der Waals surface area (Å²) in [4.78, 5) is 26.6. The number of nitrogens with zero attached hydrogens (tertiary/aromatic N) is 4.